The molecule has 1 aromatic rings. The molecule has 6 heteroatoms. The van der Waals surface area contributed by atoms with Crippen molar-refractivity contribution in [1.82, 2.24) is 10.2 Å². The fraction of sp³-hybridized carbons (Fsp3) is 0.750. The Morgan fingerprint density at radius 1 is 1.03 bits per heavy atom. The van der Waals surface area contributed by atoms with Crippen molar-refractivity contribution in [3.63, 3.8) is 0 Å². The smallest absolute Gasteiger partial charge is 0.220 e. The largest absolute Gasteiger partial charge is 0.486 e. The average molecular weight is 469 g/mol. The molecule has 0 spiro atoms. The van der Waals surface area contributed by atoms with Gasteiger partial charge in [-0.05, 0) is 112 Å². The van der Waals surface area contributed by atoms with Crippen LogP contribution in [-0.2, 0) is 4.79 Å². The highest BCUT2D eigenvalue weighted by Crippen LogP contribution is 2.61. The van der Waals surface area contributed by atoms with Crippen molar-refractivity contribution in [2.75, 3.05) is 32.8 Å². The van der Waals surface area contributed by atoms with Gasteiger partial charge in [-0.2, -0.15) is 0 Å². The van der Waals surface area contributed by atoms with E-state index < -0.39 is 6.10 Å². The number of nitrogens with one attached hydrogen (secondary N) is 1. The van der Waals surface area contributed by atoms with Crippen molar-refractivity contribution >= 4 is 5.91 Å². The van der Waals surface area contributed by atoms with Gasteiger partial charge >= 0.3 is 0 Å². The van der Waals surface area contributed by atoms with Crippen molar-refractivity contribution in [3.05, 3.63) is 23.8 Å². The lowest BCUT2D eigenvalue weighted by molar-refractivity contribution is -0.125. The highest BCUT2D eigenvalue weighted by atomic mass is 16.6. The molecule has 5 fully saturated rings. The van der Waals surface area contributed by atoms with Crippen LogP contribution in [0.1, 0.15) is 75.9 Å². The monoisotopic (exact) mass is 468 g/mol. The van der Waals surface area contributed by atoms with E-state index in [9.17, 15) is 9.90 Å². The molecule has 2 N–H and O–H groups in total. The zero-order valence-corrected chi connectivity index (χ0v) is 20.3. The van der Waals surface area contributed by atoms with Crippen molar-refractivity contribution in [2.45, 2.75) is 76.4 Å². The second kappa shape index (κ2) is 9.34. The molecular weight excluding hydrogens is 428 g/mol. The van der Waals surface area contributed by atoms with E-state index in [1.807, 2.05) is 18.2 Å². The first-order chi connectivity index (χ1) is 16.6. The van der Waals surface area contributed by atoms with Gasteiger partial charge in [0, 0.05) is 13.0 Å². The maximum Gasteiger partial charge on any atom is 0.220 e. The minimum absolute atomic E-state index is 0.0940. The normalized spacial score (nSPS) is 33.6. The number of carbonyl (C=O) groups excluding carboxylic acids is 1. The van der Waals surface area contributed by atoms with E-state index in [-0.39, 0.29) is 11.9 Å². The molecule has 2 aliphatic heterocycles. The van der Waals surface area contributed by atoms with E-state index in [2.05, 4.69) is 10.2 Å². The number of likely N-dealkylation sites (tertiary alicyclic amines) is 1. The number of carbonyl (C=O) groups is 1. The molecule has 2 atom stereocenters. The zero-order chi connectivity index (χ0) is 23.1. The number of aliphatic hydroxyl groups excluding tert-OH is 1. The molecule has 1 saturated heterocycles. The molecular formula is C28H40N2O4. The molecule has 6 aliphatic rings. The van der Waals surface area contributed by atoms with Gasteiger partial charge in [0.05, 0.1) is 6.04 Å². The summed E-state index contributed by atoms with van der Waals surface area (Å²) in [7, 11) is 0. The third-order valence-corrected chi connectivity index (χ3v) is 9.34. The van der Waals surface area contributed by atoms with Crippen molar-refractivity contribution in [1.29, 1.82) is 0 Å². The van der Waals surface area contributed by atoms with Crippen LogP contribution in [0.5, 0.6) is 11.5 Å². The van der Waals surface area contributed by atoms with Gasteiger partial charge in [0.2, 0.25) is 5.91 Å². The van der Waals surface area contributed by atoms with Crippen LogP contribution in [-0.4, -0.2) is 54.8 Å². The summed E-state index contributed by atoms with van der Waals surface area (Å²) in [5.74, 6) is 4.23. The molecule has 0 radical (unpaired) electrons. The third-order valence-electron chi connectivity index (χ3n) is 9.34. The minimum atomic E-state index is -0.778. The fourth-order valence-electron chi connectivity index (χ4n) is 8.20. The predicted octanol–water partition coefficient (Wildman–Crippen LogP) is 4.07. The summed E-state index contributed by atoms with van der Waals surface area (Å²) in [6.07, 6.45) is 11.5. The Hall–Kier alpha value is -1.79. The molecule has 6 nitrogen and oxygen atoms in total. The highest BCUT2D eigenvalue weighted by molar-refractivity contribution is 5.76. The molecule has 2 heterocycles. The van der Waals surface area contributed by atoms with Gasteiger partial charge in [0.25, 0.3) is 0 Å². The van der Waals surface area contributed by atoms with Gasteiger partial charge < -0.3 is 24.8 Å². The number of ether oxygens (including phenoxy) is 2. The number of nitrogens with zero attached hydrogens (tertiary/aromatic N) is 1. The Kier molecular flexibility index (Phi) is 6.23. The molecule has 1 unspecified atom stereocenters. The van der Waals surface area contributed by atoms with Gasteiger partial charge in [0.1, 0.15) is 19.3 Å². The summed E-state index contributed by atoms with van der Waals surface area (Å²) < 4.78 is 11.4. The Morgan fingerprint density at radius 2 is 1.68 bits per heavy atom. The van der Waals surface area contributed by atoms with Crippen LogP contribution in [0.3, 0.4) is 0 Å². The van der Waals surface area contributed by atoms with Crippen LogP contribution in [0.4, 0.5) is 0 Å². The van der Waals surface area contributed by atoms with Crippen LogP contribution in [0.25, 0.3) is 0 Å². The van der Waals surface area contributed by atoms with E-state index in [4.69, 9.17) is 9.47 Å². The number of hydrogen-bond donors (Lipinski definition) is 2. The molecule has 1 aromatic carbocycles. The van der Waals surface area contributed by atoms with Crippen molar-refractivity contribution in [3.8, 4) is 11.5 Å². The summed E-state index contributed by atoms with van der Waals surface area (Å²) in [6, 6.07) is 5.31. The van der Waals surface area contributed by atoms with Crippen molar-refractivity contribution < 1.29 is 19.4 Å². The number of benzene rings is 1. The van der Waals surface area contributed by atoms with Gasteiger partial charge in [-0.15, -0.1) is 0 Å². The van der Waals surface area contributed by atoms with E-state index >= 15 is 0 Å². The number of hydrogen-bond acceptors (Lipinski definition) is 5. The lowest BCUT2D eigenvalue weighted by Gasteiger charge is -2.57. The van der Waals surface area contributed by atoms with Gasteiger partial charge in [-0.3, -0.25) is 4.79 Å². The maximum atomic E-state index is 13.2. The first-order valence-electron chi connectivity index (χ1n) is 13.6. The fourth-order valence-corrected chi connectivity index (χ4v) is 8.20. The summed E-state index contributed by atoms with van der Waals surface area (Å²) in [5, 5.41) is 14.6. The van der Waals surface area contributed by atoms with Gasteiger partial charge in [-0.1, -0.05) is 6.07 Å². The molecule has 1 amide bonds. The third kappa shape index (κ3) is 4.68. The van der Waals surface area contributed by atoms with Crippen LogP contribution in [0.2, 0.25) is 0 Å². The first kappa shape index (κ1) is 22.7. The molecule has 4 aliphatic carbocycles. The van der Waals surface area contributed by atoms with Gasteiger partial charge in [-0.25, -0.2) is 0 Å². The summed E-state index contributed by atoms with van der Waals surface area (Å²) >= 11 is 0. The second-order valence-corrected chi connectivity index (χ2v) is 11.9. The van der Waals surface area contributed by atoms with Crippen LogP contribution < -0.4 is 14.8 Å². The predicted molar refractivity (Wildman–Crippen MR) is 130 cm³/mol. The minimum Gasteiger partial charge on any atom is -0.486 e. The average Bonchev–Trinajstić information content (AvgIpc) is 3.34. The lowest BCUT2D eigenvalue weighted by Crippen LogP contribution is -2.48. The Morgan fingerprint density at radius 3 is 2.35 bits per heavy atom. The van der Waals surface area contributed by atoms with Crippen LogP contribution in [0, 0.1) is 23.2 Å². The van der Waals surface area contributed by atoms with Crippen LogP contribution >= 0.6 is 0 Å². The van der Waals surface area contributed by atoms with E-state index in [1.165, 1.54) is 51.4 Å². The Balaban J connectivity index is 1.12. The topological polar surface area (TPSA) is 71.0 Å². The van der Waals surface area contributed by atoms with E-state index in [0.29, 0.717) is 37.3 Å². The number of fused-ring (bicyclic) bond motifs is 1. The SMILES string of the molecule is O=C(CCC12CC3CC(CC(C3)C1)C2)N[C@H](CN1CCCC1)C(O)c1ccc2c(c1)OCCO2. The van der Waals surface area contributed by atoms with E-state index in [0.717, 1.165) is 48.6 Å². The summed E-state index contributed by atoms with van der Waals surface area (Å²) in [6.45, 7) is 3.82. The molecule has 7 rings (SSSR count). The molecule has 4 saturated carbocycles. The Labute approximate surface area is 203 Å². The summed E-state index contributed by atoms with van der Waals surface area (Å²) in [5.41, 5.74) is 1.18. The maximum absolute atomic E-state index is 13.2. The van der Waals surface area contributed by atoms with Crippen LogP contribution in [0.15, 0.2) is 18.2 Å². The Bertz CT molecular complexity index is 861. The molecule has 34 heavy (non-hydrogen) atoms. The number of aliphatic hydroxyl groups is 1. The van der Waals surface area contributed by atoms with Crippen molar-refractivity contribution in [2.24, 2.45) is 23.2 Å². The summed E-state index contributed by atoms with van der Waals surface area (Å²) in [4.78, 5) is 15.6. The highest BCUT2D eigenvalue weighted by Gasteiger charge is 2.50. The second-order valence-electron chi connectivity index (χ2n) is 11.9. The molecule has 4 bridgehead atoms. The number of rotatable bonds is 8. The quantitative estimate of drug-likeness (QED) is 0.602. The van der Waals surface area contributed by atoms with Gasteiger partial charge in [0.15, 0.2) is 11.5 Å². The molecule has 186 valence electrons. The first-order valence-corrected chi connectivity index (χ1v) is 13.6. The molecule has 0 aromatic heterocycles. The lowest BCUT2D eigenvalue weighted by atomic mass is 9.48. The number of amides is 1. The standard InChI is InChI=1S/C28H40N2O4/c31-26(5-6-28-15-19-11-20(16-28)13-21(12-19)17-28)29-23(18-30-7-1-2-8-30)27(32)22-3-4-24-25(14-22)34-10-9-33-24/h3-4,14,19-21,23,27,32H,1-2,5-13,15-18H2,(H,29,31)/t19?,20?,21?,23-,27?,28?/m1/s1. The zero-order valence-electron chi connectivity index (χ0n) is 20.3. The van der Waals surface area contributed by atoms with E-state index in [1.54, 1.807) is 0 Å².